The van der Waals surface area contributed by atoms with Crippen LogP contribution in [0.5, 0.6) is 0 Å². The zero-order valence-corrected chi connectivity index (χ0v) is 11.2. The van der Waals surface area contributed by atoms with Crippen LogP contribution in [0.1, 0.15) is 24.0 Å². The summed E-state index contributed by atoms with van der Waals surface area (Å²) in [5.41, 5.74) is 2.56. The van der Waals surface area contributed by atoms with Gasteiger partial charge in [-0.2, -0.15) is 0 Å². The molecule has 0 aliphatic carbocycles. The molecule has 2 aromatic carbocycles. The Hall–Kier alpha value is -0.980. The molecule has 2 heteroatoms. The van der Waals surface area contributed by atoms with Gasteiger partial charge in [-0.05, 0) is 35.6 Å². The van der Waals surface area contributed by atoms with Gasteiger partial charge in [-0.1, -0.05) is 66.5 Å². The van der Waals surface area contributed by atoms with Crippen molar-refractivity contribution < 1.29 is 0 Å². The second kappa shape index (κ2) is 5.57. The fourth-order valence-electron chi connectivity index (χ4n) is 1.90. The second-order valence-electron chi connectivity index (χ2n) is 4.26. The Morgan fingerprint density at radius 2 is 1.65 bits per heavy atom. The maximum Gasteiger partial charge on any atom is 0.0595 e. The van der Waals surface area contributed by atoms with Crippen LogP contribution in [0.2, 0.25) is 10.0 Å². The Morgan fingerprint density at radius 3 is 2.29 bits per heavy atom. The van der Waals surface area contributed by atoms with E-state index in [-0.39, 0.29) is 0 Å². The van der Waals surface area contributed by atoms with Gasteiger partial charge < -0.3 is 0 Å². The molecule has 1 unspecified atom stereocenters. The van der Waals surface area contributed by atoms with Crippen molar-refractivity contribution in [2.75, 3.05) is 0 Å². The van der Waals surface area contributed by atoms with Crippen LogP contribution in [-0.4, -0.2) is 0 Å². The SMILES string of the molecule is CC(Cc1ccccc1)c1ccc(Cl)c(Cl)c1. The lowest BCUT2D eigenvalue weighted by Gasteiger charge is -2.12. The van der Waals surface area contributed by atoms with E-state index in [1.54, 1.807) is 0 Å². The summed E-state index contributed by atoms with van der Waals surface area (Å²) < 4.78 is 0. The molecule has 0 aromatic heterocycles. The van der Waals surface area contributed by atoms with Gasteiger partial charge in [0, 0.05) is 0 Å². The third-order valence-corrected chi connectivity index (χ3v) is 3.64. The van der Waals surface area contributed by atoms with Crippen LogP contribution in [-0.2, 0) is 6.42 Å². The van der Waals surface area contributed by atoms with Crippen LogP contribution in [0.4, 0.5) is 0 Å². The van der Waals surface area contributed by atoms with Crippen molar-refractivity contribution in [2.45, 2.75) is 19.3 Å². The summed E-state index contributed by atoms with van der Waals surface area (Å²) >= 11 is 11.9. The molecule has 1 atom stereocenters. The Morgan fingerprint density at radius 1 is 0.941 bits per heavy atom. The van der Waals surface area contributed by atoms with Gasteiger partial charge in [-0.3, -0.25) is 0 Å². The molecule has 0 heterocycles. The van der Waals surface area contributed by atoms with Crippen LogP contribution in [0.3, 0.4) is 0 Å². The first-order valence-corrected chi connectivity index (χ1v) is 6.41. The molecule has 2 aromatic rings. The van der Waals surface area contributed by atoms with E-state index in [2.05, 4.69) is 31.2 Å². The Labute approximate surface area is 112 Å². The van der Waals surface area contributed by atoms with Crippen molar-refractivity contribution in [2.24, 2.45) is 0 Å². The smallest absolute Gasteiger partial charge is 0.0595 e. The van der Waals surface area contributed by atoms with Gasteiger partial charge in [0.2, 0.25) is 0 Å². The average molecular weight is 265 g/mol. The molecule has 0 bridgehead atoms. The molecule has 17 heavy (non-hydrogen) atoms. The molecule has 0 radical (unpaired) electrons. The standard InChI is InChI=1S/C15H14Cl2/c1-11(9-12-5-3-2-4-6-12)13-7-8-14(16)15(17)10-13/h2-8,10-11H,9H2,1H3. The lowest BCUT2D eigenvalue weighted by atomic mass is 9.94. The van der Waals surface area contributed by atoms with Crippen molar-refractivity contribution in [3.8, 4) is 0 Å². The van der Waals surface area contributed by atoms with Crippen molar-refractivity contribution in [1.82, 2.24) is 0 Å². The minimum Gasteiger partial charge on any atom is -0.0827 e. The lowest BCUT2D eigenvalue weighted by Crippen LogP contribution is -1.98. The highest BCUT2D eigenvalue weighted by Gasteiger charge is 2.08. The van der Waals surface area contributed by atoms with Crippen molar-refractivity contribution >= 4 is 23.2 Å². The molecule has 0 nitrogen and oxygen atoms in total. The second-order valence-corrected chi connectivity index (χ2v) is 5.08. The molecule has 0 aliphatic rings. The Kier molecular flexibility index (Phi) is 4.09. The van der Waals surface area contributed by atoms with E-state index >= 15 is 0 Å². The van der Waals surface area contributed by atoms with Crippen molar-refractivity contribution in [3.63, 3.8) is 0 Å². The van der Waals surface area contributed by atoms with Gasteiger partial charge >= 0.3 is 0 Å². The van der Waals surface area contributed by atoms with Gasteiger partial charge in [0.15, 0.2) is 0 Å². The molecule has 0 fully saturated rings. The summed E-state index contributed by atoms with van der Waals surface area (Å²) in [5.74, 6) is 0.437. The highest BCUT2D eigenvalue weighted by atomic mass is 35.5. The summed E-state index contributed by atoms with van der Waals surface area (Å²) in [7, 11) is 0. The van der Waals surface area contributed by atoms with Crippen LogP contribution in [0.25, 0.3) is 0 Å². The van der Waals surface area contributed by atoms with E-state index in [0.717, 1.165) is 6.42 Å². The van der Waals surface area contributed by atoms with E-state index in [1.807, 2.05) is 24.3 Å². The first-order valence-electron chi connectivity index (χ1n) is 5.65. The third-order valence-electron chi connectivity index (χ3n) is 2.90. The molecule has 88 valence electrons. The lowest BCUT2D eigenvalue weighted by molar-refractivity contribution is 0.759. The summed E-state index contributed by atoms with van der Waals surface area (Å²) in [6.07, 6.45) is 1.01. The first kappa shape index (κ1) is 12.5. The van der Waals surface area contributed by atoms with Crippen molar-refractivity contribution in [1.29, 1.82) is 0 Å². The molecule has 0 saturated heterocycles. The summed E-state index contributed by atoms with van der Waals surface area (Å²) in [4.78, 5) is 0. The fourth-order valence-corrected chi connectivity index (χ4v) is 2.21. The molecule has 0 N–H and O–H groups in total. The van der Waals surface area contributed by atoms with Gasteiger partial charge in [0.25, 0.3) is 0 Å². The molecular formula is C15H14Cl2. The molecule has 2 rings (SSSR count). The molecular weight excluding hydrogens is 251 g/mol. The Bertz CT molecular complexity index is 492. The number of rotatable bonds is 3. The van der Waals surface area contributed by atoms with Gasteiger partial charge in [0.05, 0.1) is 10.0 Å². The minimum atomic E-state index is 0.437. The zero-order valence-electron chi connectivity index (χ0n) is 9.66. The van der Waals surface area contributed by atoms with E-state index in [1.165, 1.54) is 11.1 Å². The maximum absolute atomic E-state index is 6.03. The van der Waals surface area contributed by atoms with Gasteiger partial charge in [-0.25, -0.2) is 0 Å². The predicted molar refractivity (Wildman–Crippen MR) is 75.0 cm³/mol. The van der Waals surface area contributed by atoms with E-state index in [9.17, 15) is 0 Å². The Balaban J connectivity index is 2.14. The average Bonchev–Trinajstić information content (AvgIpc) is 2.34. The van der Waals surface area contributed by atoms with E-state index < -0.39 is 0 Å². The van der Waals surface area contributed by atoms with Crippen LogP contribution in [0.15, 0.2) is 48.5 Å². The summed E-state index contributed by atoms with van der Waals surface area (Å²) in [6, 6.07) is 16.3. The largest absolute Gasteiger partial charge is 0.0827 e. The molecule has 0 spiro atoms. The highest BCUT2D eigenvalue weighted by molar-refractivity contribution is 6.42. The summed E-state index contributed by atoms with van der Waals surface area (Å²) in [6.45, 7) is 2.20. The normalized spacial score (nSPS) is 12.4. The maximum atomic E-state index is 6.03. The fraction of sp³-hybridized carbons (Fsp3) is 0.200. The monoisotopic (exact) mass is 264 g/mol. The number of halogens is 2. The molecule has 0 aliphatic heterocycles. The van der Waals surface area contributed by atoms with Gasteiger partial charge in [-0.15, -0.1) is 0 Å². The van der Waals surface area contributed by atoms with Crippen LogP contribution >= 0.6 is 23.2 Å². The molecule has 0 saturated carbocycles. The molecule has 0 amide bonds. The summed E-state index contributed by atoms with van der Waals surface area (Å²) in [5, 5.41) is 1.24. The topological polar surface area (TPSA) is 0 Å². The third kappa shape index (κ3) is 3.24. The first-order chi connectivity index (χ1) is 8.16. The number of hydrogen-bond donors (Lipinski definition) is 0. The van der Waals surface area contributed by atoms with Crippen molar-refractivity contribution in [3.05, 3.63) is 69.7 Å². The highest BCUT2D eigenvalue weighted by Crippen LogP contribution is 2.28. The number of benzene rings is 2. The van der Waals surface area contributed by atoms with Gasteiger partial charge in [0.1, 0.15) is 0 Å². The van der Waals surface area contributed by atoms with E-state index in [0.29, 0.717) is 16.0 Å². The van der Waals surface area contributed by atoms with Crippen LogP contribution < -0.4 is 0 Å². The van der Waals surface area contributed by atoms with E-state index in [4.69, 9.17) is 23.2 Å². The predicted octanol–water partition coefficient (Wildman–Crippen LogP) is 5.34. The van der Waals surface area contributed by atoms with Crippen LogP contribution in [0, 0.1) is 0 Å². The minimum absolute atomic E-state index is 0.437. The zero-order chi connectivity index (χ0) is 12.3. The number of hydrogen-bond acceptors (Lipinski definition) is 0. The quantitative estimate of drug-likeness (QED) is 0.702.